The first-order valence-electron chi connectivity index (χ1n) is 9.66. The summed E-state index contributed by atoms with van der Waals surface area (Å²) in [5.41, 5.74) is 0.735. The second-order valence-corrected chi connectivity index (χ2v) is 7.09. The first-order valence-corrected chi connectivity index (χ1v) is 9.66. The Kier molecular flexibility index (Phi) is 5.18. The van der Waals surface area contributed by atoms with E-state index in [0.717, 1.165) is 49.6 Å². The fraction of sp³-hybridized carbons (Fsp3) is 0.500. The van der Waals surface area contributed by atoms with E-state index in [2.05, 4.69) is 14.9 Å². The minimum Gasteiger partial charge on any atom is -0.486 e. The molecule has 2 aromatic rings. The highest BCUT2D eigenvalue weighted by Crippen LogP contribution is 2.33. The van der Waals surface area contributed by atoms with Crippen LogP contribution < -0.4 is 14.8 Å². The number of piperidine rings is 1. The lowest BCUT2D eigenvalue weighted by Crippen LogP contribution is -2.46. The molecule has 7 heteroatoms. The third kappa shape index (κ3) is 4.02. The van der Waals surface area contributed by atoms with Crippen LogP contribution in [0.2, 0.25) is 0 Å². The molecule has 1 fully saturated rings. The summed E-state index contributed by atoms with van der Waals surface area (Å²) in [7, 11) is 0. The maximum absolute atomic E-state index is 12.9. The standard InChI is InChI=1S/C20H26N4O3/c1-15-21-8-11-23(15)10-7-17-4-2-3-9-24(17)20(25)22-16-5-6-18-19(14-16)27-13-12-26-18/h5-6,8,11,14,17H,2-4,7,9-10,12-13H2,1H3,(H,22,25)/t17-/m1/s1. The van der Waals surface area contributed by atoms with Crippen molar-refractivity contribution in [3.05, 3.63) is 36.4 Å². The molecule has 1 aromatic heterocycles. The summed E-state index contributed by atoms with van der Waals surface area (Å²) >= 11 is 0. The molecule has 4 rings (SSSR count). The van der Waals surface area contributed by atoms with Gasteiger partial charge in [-0.1, -0.05) is 0 Å². The molecule has 1 N–H and O–H groups in total. The molecule has 0 aliphatic carbocycles. The summed E-state index contributed by atoms with van der Waals surface area (Å²) in [6.07, 6.45) is 8.02. The summed E-state index contributed by atoms with van der Waals surface area (Å²) in [6.45, 7) is 4.78. The van der Waals surface area contributed by atoms with Gasteiger partial charge in [0.1, 0.15) is 19.0 Å². The number of hydrogen-bond acceptors (Lipinski definition) is 4. The van der Waals surface area contributed by atoms with Crippen LogP contribution in [0.5, 0.6) is 11.5 Å². The number of amides is 2. The number of rotatable bonds is 4. The normalized spacial score (nSPS) is 19.0. The first-order chi connectivity index (χ1) is 13.2. The number of likely N-dealkylation sites (tertiary alicyclic amines) is 1. The van der Waals surface area contributed by atoms with Gasteiger partial charge in [-0.2, -0.15) is 0 Å². The maximum atomic E-state index is 12.9. The second kappa shape index (κ2) is 7.90. The molecule has 3 heterocycles. The molecular weight excluding hydrogens is 344 g/mol. The molecular formula is C20H26N4O3. The van der Waals surface area contributed by atoms with Gasteiger partial charge in [-0.3, -0.25) is 0 Å². The van der Waals surface area contributed by atoms with Crippen molar-refractivity contribution < 1.29 is 14.3 Å². The number of benzene rings is 1. The van der Waals surface area contributed by atoms with Crippen LogP contribution in [0.15, 0.2) is 30.6 Å². The van der Waals surface area contributed by atoms with E-state index in [-0.39, 0.29) is 12.1 Å². The SMILES string of the molecule is Cc1nccn1CC[C@H]1CCCCN1C(=O)Nc1ccc2c(c1)OCCO2. The summed E-state index contributed by atoms with van der Waals surface area (Å²) < 4.78 is 13.3. The largest absolute Gasteiger partial charge is 0.486 e. The Balaban J connectivity index is 1.40. The number of urea groups is 1. The predicted molar refractivity (Wildman–Crippen MR) is 102 cm³/mol. The molecule has 1 aromatic carbocycles. The Morgan fingerprint density at radius 1 is 1.26 bits per heavy atom. The zero-order valence-corrected chi connectivity index (χ0v) is 15.7. The van der Waals surface area contributed by atoms with E-state index >= 15 is 0 Å². The number of anilines is 1. The number of aromatic nitrogens is 2. The van der Waals surface area contributed by atoms with Crippen molar-refractivity contribution in [2.45, 2.75) is 45.2 Å². The molecule has 2 amide bonds. The van der Waals surface area contributed by atoms with Gasteiger partial charge in [-0.05, 0) is 44.7 Å². The Morgan fingerprint density at radius 2 is 2.11 bits per heavy atom. The van der Waals surface area contributed by atoms with Gasteiger partial charge in [-0.15, -0.1) is 0 Å². The van der Waals surface area contributed by atoms with Gasteiger partial charge in [0.15, 0.2) is 11.5 Å². The van der Waals surface area contributed by atoms with Crippen LogP contribution in [-0.2, 0) is 6.54 Å². The molecule has 1 atom stereocenters. The quantitative estimate of drug-likeness (QED) is 0.895. The molecule has 1 saturated heterocycles. The van der Waals surface area contributed by atoms with Crippen LogP contribution in [0.25, 0.3) is 0 Å². The summed E-state index contributed by atoms with van der Waals surface area (Å²) in [6, 6.07) is 5.75. The molecule has 0 spiro atoms. The highest BCUT2D eigenvalue weighted by molar-refractivity contribution is 5.90. The van der Waals surface area contributed by atoms with Gasteiger partial charge in [0.25, 0.3) is 0 Å². The zero-order chi connectivity index (χ0) is 18.6. The molecule has 27 heavy (non-hydrogen) atoms. The van der Waals surface area contributed by atoms with Crippen molar-refractivity contribution in [1.82, 2.24) is 14.5 Å². The number of carbonyl (C=O) groups is 1. The molecule has 0 bridgehead atoms. The Morgan fingerprint density at radius 3 is 2.93 bits per heavy atom. The number of hydrogen-bond donors (Lipinski definition) is 1. The average molecular weight is 370 g/mol. The van der Waals surface area contributed by atoms with E-state index in [9.17, 15) is 4.79 Å². The molecule has 2 aliphatic heterocycles. The number of fused-ring (bicyclic) bond motifs is 1. The van der Waals surface area contributed by atoms with E-state index < -0.39 is 0 Å². The van der Waals surface area contributed by atoms with Crippen molar-refractivity contribution in [3.63, 3.8) is 0 Å². The van der Waals surface area contributed by atoms with Gasteiger partial charge < -0.3 is 24.3 Å². The summed E-state index contributed by atoms with van der Waals surface area (Å²) in [5, 5.41) is 3.03. The number of nitrogens with one attached hydrogen (secondary N) is 1. The van der Waals surface area contributed by atoms with E-state index in [0.29, 0.717) is 19.0 Å². The van der Waals surface area contributed by atoms with Gasteiger partial charge in [0, 0.05) is 43.3 Å². The third-order valence-electron chi connectivity index (χ3n) is 5.31. The summed E-state index contributed by atoms with van der Waals surface area (Å²) in [5.74, 6) is 2.42. The van der Waals surface area contributed by atoms with Gasteiger partial charge >= 0.3 is 6.03 Å². The average Bonchev–Trinajstić information content (AvgIpc) is 3.11. The highest BCUT2D eigenvalue weighted by atomic mass is 16.6. The third-order valence-corrected chi connectivity index (χ3v) is 5.31. The topological polar surface area (TPSA) is 68.6 Å². The fourth-order valence-electron chi connectivity index (χ4n) is 3.81. The van der Waals surface area contributed by atoms with Gasteiger partial charge in [0.2, 0.25) is 0 Å². The van der Waals surface area contributed by atoms with Crippen LogP contribution in [0.3, 0.4) is 0 Å². The van der Waals surface area contributed by atoms with E-state index in [4.69, 9.17) is 9.47 Å². The van der Waals surface area contributed by atoms with Crippen LogP contribution in [0, 0.1) is 6.92 Å². The lowest BCUT2D eigenvalue weighted by molar-refractivity contribution is 0.155. The van der Waals surface area contributed by atoms with Crippen molar-refractivity contribution in [2.75, 3.05) is 25.1 Å². The Labute approximate surface area is 159 Å². The predicted octanol–water partition coefficient (Wildman–Crippen LogP) is 3.44. The highest BCUT2D eigenvalue weighted by Gasteiger charge is 2.27. The molecule has 144 valence electrons. The van der Waals surface area contributed by atoms with E-state index in [1.54, 1.807) is 0 Å². The Hall–Kier alpha value is -2.70. The van der Waals surface area contributed by atoms with E-state index in [1.165, 1.54) is 6.42 Å². The first kappa shape index (κ1) is 17.7. The zero-order valence-electron chi connectivity index (χ0n) is 15.7. The number of carbonyl (C=O) groups excluding carboxylic acids is 1. The second-order valence-electron chi connectivity index (χ2n) is 7.09. The van der Waals surface area contributed by atoms with Gasteiger partial charge in [0.05, 0.1) is 0 Å². The fourth-order valence-corrected chi connectivity index (χ4v) is 3.81. The molecule has 0 saturated carbocycles. The maximum Gasteiger partial charge on any atom is 0.322 e. The van der Waals surface area contributed by atoms with Crippen LogP contribution in [0.1, 0.15) is 31.5 Å². The number of nitrogens with zero attached hydrogens (tertiary/aromatic N) is 3. The number of aryl methyl sites for hydroxylation is 2. The van der Waals surface area contributed by atoms with Gasteiger partial charge in [-0.25, -0.2) is 9.78 Å². The smallest absolute Gasteiger partial charge is 0.322 e. The summed E-state index contributed by atoms with van der Waals surface area (Å²) in [4.78, 5) is 19.2. The minimum absolute atomic E-state index is 0.0428. The number of imidazole rings is 1. The molecule has 0 unspecified atom stereocenters. The lowest BCUT2D eigenvalue weighted by Gasteiger charge is -2.36. The van der Waals surface area contributed by atoms with Crippen molar-refractivity contribution in [3.8, 4) is 11.5 Å². The minimum atomic E-state index is -0.0428. The molecule has 0 radical (unpaired) electrons. The van der Waals surface area contributed by atoms with Crippen LogP contribution in [-0.4, -0.2) is 46.3 Å². The van der Waals surface area contributed by atoms with Crippen LogP contribution >= 0.6 is 0 Å². The number of ether oxygens (including phenoxy) is 2. The molecule has 2 aliphatic rings. The van der Waals surface area contributed by atoms with E-state index in [1.807, 2.05) is 42.4 Å². The molecule has 7 nitrogen and oxygen atoms in total. The lowest BCUT2D eigenvalue weighted by atomic mass is 9.99. The van der Waals surface area contributed by atoms with Crippen LogP contribution in [0.4, 0.5) is 10.5 Å². The van der Waals surface area contributed by atoms with Crippen molar-refractivity contribution in [1.29, 1.82) is 0 Å². The van der Waals surface area contributed by atoms with Crippen molar-refractivity contribution >= 4 is 11.7 Å². The van der Waals surface area contributed by atoms with Crippen molar-refractivity contribution in [2.24, 2.45) is 0 Å². The monoisotopic (exact) mass is 370 g/mol. The Bertz CT molecular complexity index is 804.